The summed E-state index contributed by atoms with van der Waals surface area (Å²) in [5.41, 5.74) is -0.788. The molecule has 0 aliphatic carbocycles. The van der Waals surface area contributed by atoms with Crippen LogP contribution in [0, 0.1) is 0 Å². The molecule has 0 aliphatic rings. The van der Waals surface area contributed by atoms with E-state index < -0.39 is 29.2 Å². The van der Waals surface area contributed by atoms with Crippen molar-refractivity contribution in [3.63, 3.8) is 0 Å². The average molecular weight is 255 g/mol. The maximum absolute atomic E-state index is 12.2. The van der Waals surface area contributed by atoms with E-state index in [1.54, 1.807) is 0 Å². The quantitative estimate of drug-likeness (QED) is 0.565. The lowest BCUT2D eigenvalue weighted by Crippen LogP contribution is -2.22. The lowest BCUT2D eigenvalue weighted by atomic mass is 10.1. The predicted octanol–water partition coefficient (Wildman–Crippen LogP) is 1.42. The highest BCUT2D eigenvalue weighted by Gasteiger charge is 2.30. The summed E-state index contributed by atoms with van der Waals surface area (Å²) < 4.78 is 57.0. The molecule has 0 aliphatic heterocycles. The molecule has 1 aromatic carbocycles. The molecule has 0 saturated carbocycles. The van der Waals surface area contributed by atoms with Gasteiger partial charge in [0.15, 0.2) is 0 Å². The van der Waals surface area contributed by atoms with Gasteiger partial charge in [0.1, 0.15) is 6.23 Å². The average Bonchev–Trinajstić information content (AvgIpc) is 2.15. The predicted molar refractivity (Wildman–Crippen MR) is 50.3 cm³/mol. The number of benzene rings is 1. The number of aliphatic hydroxyl groups is 1. The molecular formula is C8H8F3NO3S. The molecular weight excluding hydrogens is 247 g/mol. The van der Waals surface area contributed by atoms with Crippen molar-refractivity contribution in [2.24, 2.45) is 0 Å². The van der Waals surface area contributed by atoms with E-state index in [4.69, 9.17) is 4.55 Å². The molecule has 4 nitrogen and oxygen atoms in total. The molecule has 2 unspecified atom stereocenters. The summed E-state index contributed by atoms with van der Waals surface area (Å²) in [5.74, 6) is 0. The molecule has 3 N–H and O–H groups in total. The van der Waals surface area contributed by atoms with Gasteiger partial charge in [0.05, 0.1) is 5.56 Å². The molecule has 0 aromatic heterocycles. The van der Waals surface area contributed by atoms with Gasteiger partial charge in [0, 0.05) is 0 Å². The first-order valence-corrected chi connectivity index (χ1v) is 5.13. The van der Waals surface area contributed by atoms with Gasteiger partial charge in [0.2, 0.25) is 11.3 Å². The van der Waals surface area contributed by atoms with Crippen molar-refractivity contribution in [3.8, 4) is 0 Å². The van der Waals surface area contributed by atoms with Crippen LogP contribution < -0.4 is 4.72 Å². The number of hydrogen-bond donors (Lipinski definition) is 3. The normalized spacial score (nSPS) is 15.8. The minimum Gasteiger partial charge on any atom is -0.373 e. The number of alkyl halides is 3. The molecule has 8 heteroatoms. The highest BCUT2D eigenvalue weighted by Crippen LogP contribution is 2.29. The van der Waals surface area contributed by atoms with Gasteiger partial charge in [-0.25, -0.2) is 4.21 Å². The van der Waals surface area contributed by atoms with E-state index >= 15 is 0 Å². The van der Waals surface area contributed by atoms with Gasteiger partial charge < -0.3 is 5.11 Å². The fraction of sp³-hybridized carbons (Fsp3) is 0.250. The summed E-state index contributed by atoms with van der Waals surface area (Å²) in [6.07, 6.45) is -5.94. The van der Waals surface area contributed by atoms with Crippen molar-refractivity contribution in [1.82, 2.24) is 4.72 Å². The standard InChI is InChI=1S/C8H8F3NO3S/c9-8(10,11)6-3-1-5(2-4-6)7(13)12-16(14)15/h1-4,7,12-13H,(H,14,15). The van der Waals surface area contributed by atoms with E-state index in [1.807, 2.05) is 4.72 Å². The summed E-state index contributed by atoms with van der Waals surface area (Å²) in [7, 11) is 0. The minimum absolute atomic E-state index is 0.0652. The van der Waals surface area contributed by atoms with Crippen LogP contribution in [0.4, 0.5) is 13.2 Å². The van der Waals surface area contributed by atoms with Crippen LogP contribution in [-0.4, -0.2) is 13.9 Å². The first kappa shape index (κ1) is 13.1. The second-order valence-corrected chi connectivity index (χ2v) is 3.62. The summed E-state index contributed by atoms with van der Waals surface area (Å²) in [5, 5.41) is 9.24. The molecule has 0 bridgehead atoms. The lowest BCUT2D eigenvalue weighted by molar-refractivity contribution is -0.137. The molecule has 0 saturated heterocycles. The van der Waals surface area contributed by atoms with Crippen LogP contribution in [0.1, 0.15) is 17.4 Å². The summed E-state index contributed by atoms with van der Waals surface area (Å²) in [4.78, 5) is 0. The van der Waals surface area contributed by atoms with Crippen LogP contribution in [0.25, 0.3) is 0 Å². The maximum Gasteiger partial charge on any atom is 0.416 e. The zero-order valence-electron chi connectivity index (χ0n) is 7.73. The van der Waals surface area contributed by atoms with Crippen LogP contribution in [0.5, 0.6) is 0 Å². The summed E-state index contributed by atoms with van der Waals surface area (Å²) >= 11 is -2.44. The van der Waals surface area contributed by atoms with Gasteiger partial charge in [-0.3, -0.25) is 4.55 Å². The van der Waals surface area contributed by atoms with Crippen molar-refractivity contribution >= 4 is 11.3 Å². The Labute approximate surface area is 91.5 Å². The Hall–Kier alpha value is -0.960. The van der Waals surface area contributed by atoms with Crippen molar-refractivity contribution in [3.05, 3.63) is 35.4 Å². The highest BCUT2D eigenvalue weighted by molar-refractivity contribution is 7.77. The van der Waals surface area contributed by atoms with Gasteiger partial charge >= 0.3 is 6.18 Å². The van der Waals surface area contributed by atoms with Crippen LogP contribution in [0.15, 0.2) is 24.3 Å². The molecule has 0 amide bonds. The second kappa shape index (κ2) is 4.91. The second-order valence-electron chi connectivity index (χ2n) is 2.89. The van der Waals surface area contributed by atoms with Crippen LogP contribution in [0.2, 0.25) is 0 Å². The zero-order valence-corrected chi connectivity index (χ0v) is 8.55. The Morgan fingerprint density at radius 2 is 1.75 bits per heavy atom. The van der Waals surface area contributed by atoms with E-state index in [0.29, 0.717) is 0 Å². The first-order chi connectivity index (χ1) is 7.30. The Kier molecular flexibility index (Phi) is 4.03. The van der Waals surface area contributed by atoms with Gasteiger partial charge in [-0.05, 0) is 17.7 Å². The van der Waals surface area contributed by atoms with Gasteiger partial charge in [-0.2, -0.15) is 17.9 Å². The Balaban J connectivity index is 2.83. The molecule has 0 radical (unpaired) electrons. The van der Waals surface area contributed by atoms with Crippen LogP contribution in [-0.2, 0) is 17.4 Å². The highest BCUT2D eigenvalue weighted by atomic mass is 32.2. The van der Waals surface area contributed by atoms with Crippen molar-refractivity contribution < 1.29 is 27.0 Å². The van der Waals surface area contributed by atoms with Crippen molar-refractivity contribution in [2.75, 3.05) is 0 Å². The molecule has 1 rings (SSSR count). The molecule has 16 heavy (non-hydrogen) atoms. The monoisotopic (exact) mass is 255 g/mol. The van der Waals surface area contributed by atoms with Crippen molar-refractivity contribution in [1.29, 1.82) is 0 Å². The molecule has 0 spiro atoms. The summed E-state index contributed by atoms with van der Waals surface area (Å²) in [6.45, 7) is 0. The van der Waals surface area contributed by atoms with Gasteiger partial charge in [0.25, 0.3) is 0 Å². The Morgan fingerprint density at radius 1 is 1.25 bits per heavy atom. The lowest BCUT2D eigenvalue weighted by Gasteiger charge is -2.11. The van der Waals surface area contributed by atoms with E-state index in [9.17, 15) is 22.5 Å². The topological polar surface area (TPSA) is 69.6 Å². The largest absolute Gasteiger partial charge is 0.416 e. The minimum atomic E-state index is -4.45. The number of aliphatic hydroxyl groups excluding tert-OH is 1. The molecule has 90 valence electrons. The zero-order chi connectivity index (χ0) is 12.3. The fourth-order valence-electron chi connectivity index (χ4n) is 1.02. The van der Waals surface area contributed by atoms with Crippen LogP contribution >= 0.6 is 0 Å². The third-order valence-electron chi connectivity index (χ3n) is 1.77. The summed E-state index contributed by atoms with van der Waals surface area (Å²) in [6, 6.07) is 3.60. The third kappa shape index (κ3) is 3.56. The van der Waals surface area contributed by atoms with Gasteiger partial charge in [-0.15, -0.1) is 0 Å². The molecule has 2 atom stereocenters. The smallest absolute Gasteiger partial charge is 0.373 e. The molecule has 0 fully saturated rings. The van der Waals surface area contributed by atoms with E-state index in [2.05, 4.69) is 0 Å². The van der Waals surface area contributed by atoms with Crippen molar-refractivity contribution in [2.45, 2.75) is 12.4 Å². The van der Waals surface area contributed by atoms with E-state index in [-0.39, 0.29) is 5.56 Å². The van der Waals surface area contributed by atoms with Gasteiger partial charge in [-0.1, -0.05) is 12.1 Å². The number of rotatable bonds is 3. The molecule has 0 heterocycles. The Bertz CT molecular complexity index is 379. The Morgan fingerprint density at radius 3 is 2.12 bits per heavy atom. The van der Waals surface area contributed by atoms with E-state index in [0.717, 1.165) is 24.3 Å². The fourth-order valence-corrected chi connectivity index (χ4v) is 1.35. The SMILES string of the molecule is O=S(O)NC(O)c1ccc(C(F)(F)F)cc1. The maximum atomic E-state index is 12.2. The first-order valence-electron chi connectivity index (χ1n) is 4.03. The number of nitrogens with one attached hydrogen (secondary N) is 1. The van der Waals surface area contributed by atoms with Crippen LogP contribution in [0.3, 0.4) is 0 Å². The number of halogens is 3. The number of hydrogen-bond acceptors (Lipinski definition) is 2. The third-order valence-corrected chi connectivity index (χ3v) is 2.19. The molecule has 1 aromatic rings. The van der Waals surface area contributed by atoms with E-state index in [1.165, 1.54) is 0 Å².